The molecule has 2 heterocycles. The highest BCUT2D eigenvalue weighted by atomic mass is 16.3. The average Bonchev–Trinajstić information content (AvgIpc) is 3.44. The minimum atomic E-state index is -1.02. The molecule has 0 saturated carbocycles. The molecule has 1 N–H and O–H groups in total. The molecule has 0 bridgehead atoms. The van der Waals surface area contributed by atoms with Crippen LogP contribution in [0, 0.1) is 11.8 Å². The molecular formula is C26H34N4O4. The number of aryl methyl sites for hydroxylation is 1. The van der Waals surface area contributed by atoms with E-state index in [0.29, 0.717) is 37.3 Å². The average molecular weight is 467 g/mol. The van der Waals surface area contributed by atoms with Gasteiger partial charge in [-0.05, 0) is 42.2 Å². The van der Waals surface area contributed by atoms with Crippen LogP contribution in [0.25, 0.3) is 0 Å². The molecule has 1 aromatic heterocycles. The van der Waals surface area contributed by atoms with Gasteiger partial charge in [-0.25, -0.2) is 4.98 Å². The summed E-state index contributed by atoms with van der Waals surface area (Å²) in [6.45, 7) is 5.92. The number of carbonyl (C=O) groups is 3. The smallest absolute Gasteiger partial charge is 0.251 e. The van der Waals surface area contributed by atoms with Gasteiger partial charge in [0.1, 0.15) is 24.0 Å². The lowest BCUT2D eigenvalue weighted by atomic mass is 9.88. The highest BCUT2D eigenvalue weighted by Crippen LogP contribution is 2.35. The van der Waals surface area contributed by atoms with Crippen LogP contribution in [0.4, 0.5) is 0 Å². The molecule has 8 heteroatoms. The highest BCUT2D eigenvalue weighted by Gasteiger charge is 2.50. The van der Waals surface area contributed by atoms with Gasteiger partial charge in [0.25, 0.3) is 5.91 Å². The number of amides is 3. The first-order valence-electron chi connectivity index (χ1n) is 12.1. The predicted octanol–water partition coefficient (Wildman–Crippen LogP) is 2.52. The number of oxazole rings is 1. The molecule has 8 nitrogen and oxygen atoms in total. The number of fused-ring (bicyclic) bond motifs is 1. The van der Waals surface area contributed by atoms with Crippen LogP contribution < -0.4 is 5.32 Å². The van der Waals surface area contributed by atoms with E-state index in [2.05, 4.69) is 22.4 Å². The third-order valence-corrected chi connectivity index (χ3v) is 6.81. The number of nitrogens with one attached hydrogen (secondary N) is 1. The van der Waals surface area contributed by atoms with Gasteiger partial charge in [-0.1, -0.05) is 45.0 Å². The molecule has 34 heavy (non-hydrogen) atoms. The van der Waals surface area contributed by atoms with Gasteiger partial charge in [-0.3, -0.25) is 14.4 Å². The molecule has 182 valence electrons. The zero-order valence-corrected chi connectivity index (χ0v) is 20.6. The van der Waals surface area contributed by atoms with Crippen molar-refractivity contribution >= 4 is 17.7 Å². The summed E-state index contributed by atoms with van der Waals surface area (Å²) in [4.78, 5) is 48.4. The Morgan fingerprint density at radius 3 is 2.38 bits per heavy atom. The first-order valence-corrected chi connectivity index (χ1v) is 12.1. The lowest BCUT2D eigenvalue weighted by Crippen LogP contribution is -2.67. The molecule has 3 unspecified atom stereocenters. The third kappa shape index (κ3) is 4.45. The molecule has 0 radical (unpaired) electrons. The Hall–Kier alpha value is -3.16. The number of likely N-dealkylation sites (N-methyl/N-ethyl adjacent to an activating group) is 1. The first kappa shape index (κ1) is 24.0. The molecular weight excluding hydrogens is 432 g/mol. The van der Waals surface area contributed by atoms with E-state index in [-0.39, 0.29) is 29.6 Å². The minimum absolute atomic E-state index is 0.0602. The van der Waals surface area contributed by atoms with Crippen LogP contribution in [0.5, 0.6) is 0 Å². The van der Waals surface area contributed by atoms with Gasteiger partial charge in [-0.15, -0.1) is 0 Å². The Bertz CT molecular complexity index is 1050. The molecule has 3 atom stereocenters. The second-order valence-electron chi connectivity index (χ2n) is 9.97. The van der Waals surface area contributed by atoms with Crippen molar-refractivity contribution in [1.29, 1.82) is 0 Å². The summed E-state index contributed by atoms with van der Waals surface area (Å²) in [5.74, 6) is -0.175. The van der Waals surface area contributed by atoms with Crippen LogP contribution in [-0.2, 0) is 33.6 Å². The van der Waals surface area contributed by atoms with E-state index in [0.717, 1.165) is 0 Å². The SMILES string of the molecule is CCc1nc(C(C(=O)N(C)C)N2C(=O)C(C3Cc4ccccc4C3)NC(=O)C2CC(C)C)co1. The van der Waals surface area contributed by atoms with Gasteiger partial charge in [0.2, 0.25) is 11.8 Å². The van der Waals surface area contributed by atoms with Crippen LogP contribution in [0.2, 0.25) is 0 Å². The summed E-state index contributed by atoms with van der Waals surface area (Å²) in [6.07, 6.45) is 3.88. The minimum Gasteiger partial charge on any atom is -0.449 e. The van der Waals surface area contributed by atoms with Crippen molar-refractivity contribution in [3.05, 3.63) is 53.2 Å². The normalized spacial score (nSPS) is 21.5. The zero-order chi connectivity index (χ0) is 24.6. The van der Waals surface area contributed by atoms with E-state index in [4.69, 9.17) is 4.42 Å². The Kier molecular flexibility index (Phi) is 6.77. The van der Waals surface area contributed by atoms with Crippen LogP contribution in [0.1, 0.15) is 55.9 Å². The lowest BCUT2D eigenvalue weighted by molar-refractivity contribution is -0.159. The summed E-state index contributed by atoms with van der Waals surface area (Å²) >= 11 is 0. The van der Waals surface area contributed by atoms with Crippen LogP contribution >= 0.6 is 0 Å². The highest BCUT2D eigenvalue weighted by molar-refractivity contribution is 6.00. The molecule has 1 aliphatic heterocycles. The Morgan fingerprint density at radius 1 is 1.21 bits per heavy atom. The van der Waals surface area contributed by atoms with Crippen LogP contribution in [0.15, 0.2) is 34.9 Å². The van der Waals surface area contributed by atoms with E-state index in [1.807, 2.05) is 32.9 Å². The van der Waals surface area contributed by atoms with Crippen molar-refractivity contribution in [1.82, 2.24) is 20.1 Å². The van der Waals surface area contributed by atoms with E-state index >= 15 is 0 Å². The van der Waals surface area contributed by atoms with E-state index in [9.17, 15) is 14.4 Å². The fraction of sp³-hybridized carbons (Fsp3) is 0.538. The van der Waals surface area contributed by atoms with Crippen LogP contribution in [0.3, 0.4) is 0 Å². The van der Waals surface area contributed by atoms with Crippen molar-refractivity contribution in [2.45, 2.75) is 64.6 Å². The van der Waals surface area contributed by atoms with Gasteiger partial charge in [-0.2, -0.15) is 0 Å². The van der Waals surface area contributed by atoms with E-state index in [1.165, 1.54) is 27.2 Å². The molecule has 1 aromatic carbocycles. The quantitative estimate of drug-likeness (QED) is 0.677. The molecule has 3 amide bonds. The molecule has 4 rings (SSSR count). The maximum absolute atomic E-state index is 14.1. The monoisotopic (exact) mass is 466 g/mol. The van der Waals surface area contributed by atoms with Crippen molar-refractivity contribution < 1.29 is 18.8 Å². The van der Waals surface area contributed by atoms with Gasteiger partial charge in [0.15, 0.2) is 11.9 Å². The van der Waals surface area contributed by atoms with Gasteiger partial charge in [0, 0.05) is 20.5 Å². The van der Waals surface area contributed by atoms with E-state index in [1.54, 1.807) is 14.1 Å². The number of nitrogens with zero attached hydrogens (tertiary/aromatic N) is 3. The molecule has 0 spiro atoms. The van der Waals surface area contributed by atoms with E-state index < -0.39 is 18.1 Å². The Balaban J connectivity index is 1.74. The topological polar surface area (TPSA) is 95.8 Å². The number of benzene rings is 1. The Morgan fingerprint density at radius 2 is 1.85 bits per heavy atom. The molecule has 1 aliphatic carbocycles. The maximum atomic E-state index is 14.1. The molecule has 2 aliphatic rings. The number of aromatic nitrogens is 1. The van der Waals surface area contributed by atoms with Crippen molar-refractivity contribution in [3.8, 4) is 0 Å². The maximum Gasteiger partial charge on any atom is 0.251 e. The fourth-order valence-corrected chi connectivity index (χ4v) is 5.12. The summed E-state index contributed by atoms with van der Waals surface area (Å²) in [5, 5.41) is 3.02. The zero-order valence-electron chi connectivity index (χ0n) is 20.6. The summed E-state index contributed by atoms with van der Waals surface area (Å²) in [7, 11) is 3.29. The number of hydrogen-bond donors (Lipinski definition) is 1. The lowest BCUT2D eigenvalue weighted by Gasteiger charge is -2.44. The number of hydrogen-bond acceptors (Lipinski definition) is 5. The third-order valence-electron chi connectivity index (χ3n) is 6.81. The van der Waals surface area contributed by atoms with Crippen LogP contribution in [-0.4, -0.2) is 58.7 Å². The summed E-state index contributed by atoms with van der Waals surface area (Å²) in [6, 6.07) is 5.66. The number of piperazine rings is 1. The summed E-state index contributed by atoms with van der Waals surface area (Å²) < 4.78 is 5.54. The number of rotatable bonds is 7. The van der Waals surface area contributed by atoms with Crippen molar-refractivity contribution in [2.75, 3.05) is 14.1 Å². The van der Waals surface area contributed by atoms with Gasteiger partial charge < -0.3 is 19.5 Å². The number of carbonyl (C=O) groups excluding carboxylic acids is 3. The summed E-state index contributed by atoms with van der Waals surface area (Å²) in [5.41, 5.74) is 2.77. The predicted molar refractivity (Wildman–Crippen MR) is 127 cm³/mol. The Labute approximate surface area is 200 Å². The van der Waals surface area contributed by atoms with Crippen molar-refractivity contribution in [2.24, 2.45) is 11.8 Å². The molecule has 1 fully saturated rings. The largest absolute Gasteiger partial charge is 0.449 e. The molecule has 2 aromatic rings. The second-order valence-corrected chi connectivity index (χ2v) is 9.97. The second kappa shape index (κ2) is 9.60. The van der Waals surface area contributed by atoms with Gasteiger partial charge >= 0.3 is 0 Å². The molecule has 1 saturated heterocycles. The standard InChI is InChI=1S/C26H34N4O4/c1-6-21-27-19(14-34-21)23(26(33)29(4)5)30-20(11-15(2)3)24(31)28-22(25(30)32)18-12-16-9-7-8-10-17(16)13-18/h7-10,14-15,18,20,22-23H,6,11-13H2,1-5H3,(H,28,31). The fourth-order valence-electron chi connectivity index (χ4n) is 5.12. The van der Waals surface area contributed by atoms with Gasteiger partial charge in [0.05, 0.1) is 0 Å². The van der Waals surface area contributed by atoms with Crippen molar-refractivity contribution in [3.63, 3.8) is 0 Å². The first-order chi connectivity index (χ1) is 16.2.